The molecule has 2 aromatic rings. The zero-order chi connectivity index (χ0) is 15.5. The largest absolute Gasteiger partial charge is 0.463 e. The lowest BCUT2D eigenvalue weighted by atomic mass is 10.0. The Balaban J connectivity index is 1.87. The van der Waals surface area contributed by atoms with Gasteiger partial charge in [-0.05, 0) is 18.2 Å². The summed E-state index contributed by atoms with van der Waals surface area (Å²) in [5, 5.41) is 3.93. The second-order valence-corrected chi connectivity index (χ2v) is 4.70. The summed E-state index contributed by atoms with van der Waals surface area (Å²) in [5.41, 5.74) is 8.95. The number of nitrogens with one attached hydrogen (secondary N) is 1. The third-order valence-corrected chi connectivity index (χ3v) is 3.26. The molecule has 0 unspecified atom stereocenters. The third-order valence-electron chi connectivity index (χ3n) is 3.26. The SMILES string of the molecule is NC(=O)N/N=C(/C[C@H]1OC(=O)c2ccccc21)c1ccco1. The highest BCUT2D eigenvalue weighted by Crippen LogP contribution is 2.33. The Morgan fingerprint density at radius 1 is 1.27 bits per heavy atom. The van der Waals surface area contributed by atoms with E-state index in [-0.39, 0.29) is 12.4 Å². The van der Waals surface area contributed by atoms with Crippen LogP contribution in [-0.4, -0.2) is 17.7 Å². The highest BCUT2D eigenvalue weighted by molar-refractivity contribution is 6.00. The minimum atomic E-state index is -0.784. The maximum atomic E-state index is 11.8. The first-order valence-electron chi connectivity index (χ1n) is 6.61. The van der Waals surface area contributed by atoms with E-state index < -0.39 is 12.1 Å². The number of hydrogen-bond acceptors (Lipinski definition) is 5. The Labute approximate surface area is 125 Å². The number of cyclic esters (lactones) is 1. The molecule has 0 saturated carbocycles. The van der Waals surface area contributed by atoms with Crippen LogP contribution in [0.3, 0.4) is 0 Å². The Kier molecular flexibility index (Phi) is 3.61. The van der Waals surface area contributed by atoms with Crippen LogP contribution in [0, 0.1) is 0 Å². The molecule has 7 heteroatoms. The predicted molar refractivity (Wildman–Crippen MR) is 77.2 cm³/mol. The number of primary amides is 1. The van der Waals surface area contributed by atoms with Gasteiger partial charge in [0.15, 0.2) is 0 Å². The number of carbonyl (C=O) groups is 2. The van der Waals surface area contributed by atoms with Gasteiger partial charge < -0.3 is 14.9 Å². The molecule has 112 valence electrons. The molecular formula is C15H13N3O4. The summed E-state index contributed by atoms with van der Waals surface area (Å²) < 4.78 is 10.7. The van der Waals surface area contributed by atoms with E-state index in [4.69, 9.17) is 14.9 Å². The zero-order valence-electron chi connectivity index (χ0n) is 11.5. The van der Waals surface area contributed by atoms with Crippen LogP contribution in [0.5, 0.6) is 0 Å². The van der Waals surface area contributed by atoms with Gasteiger partial charge in [-0.1, -0.05) is 18.2 Å². The molecule has 0 fully saturated rings. The molecule has 1 aromatic heterocycles. The van der Waals surface area contributed by atoms with Crippen molar-refractivity contribution in [2.24, 2.45) is 10.8 Å². The number of esters is 1. The van der Waals surface area contributed by atoms with E-state index in [9.17, 15) is 9.59 Å². The molecule has 1 aliphatic heterocycles. The molecule has 2 amide bonds. The summed E-state index contributed by atoms with van der Waals surface area (Å²) >= 11 is 0. The van der Waals surface area contributed by atoms with Crippen molar-refractivity contribution in [2.75, 3.05) is 0 Å². The zero-order valence-corrected chi connectivity index (χ0v) is 11.5. The molecule has 0 radical (unpaired) electrons. The predicted octanol–water partition coefficient (Wildman–Crippen LogP) is 1.95. The Morgan fingerprint density at radius 3 is 2.82 bits per heavy atom. The van der Waals surface area contributed by atoms with Gasteiger partial charge in [0.1, 0.15) is 17.6 Å². The number of rotatable bonds is 4. The summed E-state index contributed by atoms with van der Waals surface area (Å²) in [7, 11) is 0. The standard InChI is InChI=1S/C15H13N3O4/c16-15(20)18-17-11(12-6-3-7-21-12)8-13-9-4-1-2-5-10(9)14(19)22-13/h1-7,13H,8H2,(H3,16,18,20)/b17-11-/t13-/m1/s1. The Bertz CT molecular complexity index is 737. The first kappa shape index (κ1) is 13.9. The average molecular weight is 299 g/mol. The molecule has 3 rings (SSSR count). The van der Waals surface area contributed by atoms with Crippen LogP contribution >= 0.6 is 0 Å². The number of carbonyl (C=O) groups excluding carboxylic acids is 2. The van der Waals surface area contributed by atoms with Gasteiger partial charge >= 0.3 is 12.0 Å². The van der Waals surface area contributed by atoms with Crippen molar-refractivity contribution < 1.29 is 18.7 Å². The fourth-order valence-electron chi connectivity index (χ4n) is 2.31. The first-order chi connectivity index (χ1) is 10.6. The summed E-state index contributed by atoms with van der Waals surface area (Å²) in [5.74, 6) is 0.0939. The maximum Gasteiger partial charge on any atom is 0.339 e. The molecule has 2 heterocycles. The number of hydrogen-bond donors (Lipinski definition) is 2. The first-order valence-corrected chi connectivity index (χ1v) is 6.61. The lowest BCUT2D eigenvalue weighted by molar-refractivity contribution is 0.0400. The Hall–Kier alpha value is -3.09. The van der Waals surface area contributed by atoms with Gasteiger partial charge in [0.05, 0.1) is 11.8 Å². The van der Waals surface area contributed by atoms with Crippen LogP contribution in [0.1, 0.15) is 34.2 Å². The quantitative estimate of drug-likeness (QED) is 0.511. The summed E-state index contributed by atoms with van der Waals surface area (Å²) in [6.07, 6.45) is 1.27. The van der Waals surface area contributed by atoms with Gasteiger partial charge in [0.25, 0.3) is 0 Å². The maximum absolute atomic E-state index is 11.8. The normalized spacial score (nSPS) is 17.0. The lowest BCUT2D eigenvalue weighted by Crippen LogP contribution is -2.26. The highest BCUT2D eigenvalue weighted by Gasteiger charge is 2.32. The molecule has 1 aliphatic rings. The van der Waals surface area contributed by atoms with E-state index in [1.165, 1.54) is 6.26 Å². The third kappa shape index (κ3) is 2.69. The van der Waals surface area contributed by atoms with Gasteiger partial charge in [-0.3, -0.25) is 0 Å². The van der Waals surface area contributed by atoms with E-state index >= 15 is 0 Å². The summed E-state index contributed by atoms with van der Waals surface area (Å²) in [4.78, 5) is 22.7. The lowest BCUT2D eigenvalue weighted by Gasteiger charge is -2.11. The average Bonchev–Trinajstić information content (AvgIpc) is 3.13. The molecule has 7 nitrogen and oxygen atoms in total. The number of urea groups is 1. The number of furan rings is 1. The highest BCUT2D eigenvalue weighted by atomic mass is 16.5. The molecule has 0 bridgehead atoms. The number of ether oxygens (including phenoxy) is 1. The number of nitrogens with two attached hydrogens (primary N) is 1. The number of benzene rings is 1. The number of amides is 2. The minimum Gasteiger partial charge on any atom is -0.463 e. The fraction of sp³-hybridized carbons (Fsp3) is 0.133. The fourth-order valence-corrected chi connectivity index (χ4v) is 2.31. The number of fused-ring (bicyclic) bond motifs is 1. The van der Waals surface area contributed by atoms with Crippen molar-refractivity contribution in [1.29, 1.82) is 0 Å². The van der Waals surface area contributed by atoms with Crippen molar-refractivity contribution in [3.63, 3.8) is 0 Å². The Morgan fingerprint density at radius 2 is 2.09 bits per heavy atom. The van der Waals surface area contributed by atoms with E-state index in [0.717, 1.165) is 5.56 Å². The van der Waals surface area contributed by atoms with Crippen molar-refractivity contribution in [3.8, 4) is 0 Å². The van der Waals surface area contributed by atoms with Gasteiger partial charge in [-0.15, -0.1) is 0 Å². The van der Waals surface area contributed by atoms with Gasteiger partial charge in [-0.2, -0.15) is 5.10 Å². The van der Waals surface area contributed by atoms with Crippen molar-refractivity contribution in [2.45, 2.75) is 12.5 Å². The summed E-state index contributed by atoms with van der Waals surface area (Å²) in [6.45, 7) is 0. The van der Waals surface area contributed by atoms with Crippen LogP contribution < -0.4 is 11.2 Å². The molecule has 3 N–H and O–H groups in total. The number of hydrazone groups is 1. The molecule has 0 spiro atoms. The van der Waals surface area contributed by atoms with Crippen molar-refractivity contribution in [3.05, 3.63) is 59.5 Å². The van der Waals surface area contributed by atoms with E-state index in [0.29, 0.717) is 17.0 Å². The van der Waals surface area contributed by atoms with Gasteiger partial charge in [0.2, 0.25) is 0 Å². The van der Waals surface area contributed by atoms with Crippen LogP contribution in [0.15, 0.2) is 52.2 Å². The molecular weight excluding hydrogens is 286 g/mol. The van der Waals surface area contributed by atoms with Gasteiger partial charge in [0, 0.05) is 12.0 Å². The summed E-state index contributed by atoms with van der Waals surface area (Å²) in [6, 6.07) is 9.76. The second kappa shape index (κ2) is 5.72. The molecule has 22 heavy (non-hydrogen) atoms. The van der Waals surface area contributed by atoms with Crippen molar-refractivity contribution >= 4 is 17.7 Å². The van der Waals surface area contributed by atoms with E-state index in [1.54, 1.807) is 24.3 Å². The van der Waals surface area contributed by atoms with E-state index in [2.05, 4.69) is 10.5 Å². The minimum absolute atomic E-state index is 0.260. The smallest absolute Gasteiger partial charge is 0.339 e. The molecule has 0 aliphatic carbocycles. The van der Waals surface area contributed by atoms with Crippen LogP contribution in [0.4, 0.5) is 4.79 Å². The van der Waals surface area contributed by atoms with Crippen molar-refractivity contribution in [1.82, 2.24) is 5.43 Å². The monoisotopic (exact) mass is 299 g/mol. The molecule has 1 atom stereocenters. The van der Waals surface area contributed by atoms with Crippen LogP contribution in [0.2, 0.25) is 0 Å². The van der Waals surface area contributed by atoms with Crippen LogP contribution in [0.25, 0.3) is 0 Å². The van der Waals surface area contributed by atoms with Crippen LogP contribution in [-0.2, 0) is 4.74 Å². The second-order valence-electron chi connectivity index (χ2n) is 4.70. The van der Waals surface area contributed by atoms with Gasteiger partial charge in [-0.25, -0.2) is 15.0 Å². The topological polar surface area (TPSA) is 107 Å². The van der Waals surface area contributed by atoms with E-state index in [1.807, 2.05) is 12.1 Å². The molecule has 1 aromatic carbocycles. The number of nitrogens with zero attached hydrogens (tertiary/aromatic N) is 1. The molecule has 0 saturated heterocycles.